The molecule has 0 aliphatic rings. The fourth-order valence-electron chi connectivity index (χ4n) is 2.74. The van der Waals surface area contributed by atoms with Crippen LogP contribution in [-0.2, 0) is 21.2 Å². The number of rotatable bonds is 8. The van der Waals surface area contributed by atoms with Gasteiger partial charge in [-0.3, -0.25) is 4.79 Å². The summed E-state index contributed by atoms with van der Waals surface area (Å²) in [4.78, 5) is 12.2. The molecule has 0 radical (unpaired) electrons. The third-order valence-corrected chi connectivity index (χ3v) is 5.58. The van der Waals surface area contributed by atoms with Gasteiger partial charge in [0.1, 0.15) is 5.82 Å². The van der Waals surface area contributed by atoms with Crippen LogP contribution in [-0.4, -0.2) is 38.0 Å². The first-order valence-corrected chi connectivity index (χ1v) is 10.6. The Morgan fingerprint density at radius 3 is 2.33 bits per heavy atom. The zero-order valence-corrected chi connectivity index (χ0v) is 16.6. The van der Waals surface area contributed by atoms with Gasteiger partial charge in [0, 0.05) is 25.2 Å². The van der Waals surface area contributed by atoms with E-state index in [0.29, 0.717) is 6.42 Å². The number of sulfonamides is 1. The van der Waals surface area contributed by atoms with Gasteiger partial charge in [0.15, 0.2) is 0 Å². The summed E-state index contributed by atoms with van der Waals surface area (Å²) in [5, 5.41) is 2.82. The first kappa shape index (κ1) is 21.1. The number of anilines is 1. The SMILES string of the molecule is Cc1ccc(NC(=O)CCN(CCc2ccc(F)cc2)S(C)(=O)=O)c(C)c1. The molecule has 7 heteroatoms. The van der Waals surface area contributed by atoms with E-state index in [2.05, 4.69) is 5.32 Å². The zero-order valence-electron chi connectivity index (χ0n) is 15.8. The first-order valence-electron chi connectivity index (χ1n) is 8.72. The molecule has 0 aromatic heterocycles. The Morgan fingerprint density at radius 1 is 1.07 bits per heavy atom. The summed E-state index contributed by atoms with van der Waals surface area (Å²) in [6.45, 7) is 4.22. The van der Waals surface area contributed by atoms with Gasteiger partial charge < -0.3 is 5.32 Å². The molecule has 0 saturated heterocycles. The van der Waals surface area contributed by atoms with E-state index in [1.54, 1.807) is 12.1 Å². The summed E-state index contributed by atoms with van der Waals surface area (Å²) in [5.74, 6) is -0.570. The van der Waals surface area contributed by atoms with Crippen molar-refractivity contribution >= 4 is 21.6 Å². The highest BCUT2D eigenvalue weighted by molar-refractivity contribution is 7.88. The summed E-state index contributed by atoms with van der Waals surface area (Å²) in [6, 6.07) is 11.7. The Kier molecular flexibility index (Phi) is 7.10. The number of nitrogens with zero attached hydrogens (tertiary/aromatic N) is 1. The second-order valence-corrected chi connectivity index (χ2v) is 8.64. The summed E-state index contributed by atoms with van der Waals surface area (Å²) in [5.41, 5.74) is 3.63. The lowest BCUT2D eigenvalue weighted by atomic mass is 10.1. The molecule has 5 nitrogen and oxygen atoms in total. The van der Waals surface area contributed by atoms with Gasteiger partial charge in [0.05, 0.1) is 6.26 Å². The van der Waals surface area contributed by atoms with Gasteiger partial charge in [-0.15, -0.1) is 0 Å². The van der Waals surface area contributed by atoms with Gasteiger partial charge >= 0.3 is 0 Å². The second-order valence-electron chi connectivity index (χ2n) is 6.66. The quantitative estimate of drug-likeness (QED) is 0.750. The smallest absolute Gasteiger partial charge is 0.225 e. The molecule has 0 aliphatic carbocycles. The van der Waals surface area contributed by atoms with Crippen molar-refractivity contribution in [3.8, 4) is 0 Å². The van der Waals surface area contributed by atoms with Crippen molar-refractivity contribution in [2.45, 2.75) is 26.7 Å². The predicted molar refractivity (Wildman–Crippen MR) is 106 cm³/mol. The highest BCUT2D eigenvalue weighted by Gasteiger charge is 2.18. The van der Waals surface area contributed by atoms with Crippen LogP contribution in [0.25, 0.3) is 0 Å². The van der Waals surface area contributed by atoms with Crippen molar-refractivity contribution in [3.63, 3.8) is 0 Å². The van der Waals surface area contributed by atoms with E-state index in [4.69, 9.17) is 0 Å². The largest absolute Gasteiger partial charge is 0.326 e. The number of hydrogen-bond donors (Lipinski definition) is 1. The number of halogens is 1. The van der Waals surface area contributed by atoms with Gasteiger partial charge in [-0.05, 0) is 49.6 Å². The number of aryl methyl sites for hydroxylation is 2. The monoisotopic (exact) mass is 392 g/mol. The lowest BCUT2D eigenvalue weighted by Crippen LogP contribution is -2.34. The van der Waals surface area contributed by atoms with Crippen molar-refractivity contribution in [1.82, 2.24) is 4.31 Å². The van der Waals surface area contributed by atoms with Gasteiger partial charge in [-0.1, -0.05) is 29.8 Å². The van der Waals surface area contributed by atoms with Crippen LogP contribution in [0, 0.1) is 19.7 Å². The number of nitrogens with one attached hydrogen (secondary N) is 1. The van der Waals surface area contributed by atoms with E-state index < -0.39 is 10.0 Å². The van der Waals surface area contributed by atoms with Crippen LogP contribution in [0.1, 0.15) is 23.1 Å². The van der Waals surface area contributed by atoms with Gasteiger partial charge in [-0.25, -0.2) is 17.1 Å². The molecule has 0 fully saturated rings. The highest BCUT2D eigenvalue weighted by atomic mass is 32.2. The molecule has 0 spiro atoms. The van der Waals surface area contributed by atoms with Gasteiger partial charge in [0.25, 0.3) is 0 Å². The third kappa shape index (κ3) is 6.77. The molecule has 0 saturated carbocycles. The van der Waals surface area contributed by atoms with E-state index in [9.17, 15) is 17.6 Å². The summed E-state index contributed by atoms with van der Waals surface area (Å²) < 4.78 is 38.2. The molecule has 1 N–H and O–H groups in total. The van der Waals surface area contributed by atoms with E-state index in [1.165, 1.54) is 16.4 Å². The van der Waals surface area contributed by atoms with E-state index in [1.807, 2.05) is 32.0 Å². The van der Waals surface area contributed by atoms with Crippen LogP contribution in [0.4, 0.5) is 10.1 Å². The number of carbonyl (C=O) groups excluding carboxylic acids is 1. The molecule has 2 rings (SSSR count). The van der Waals surface area contributed by atoms with Crippen molar-refractivity contribution < 1.29 is 17.6 Å². The maximum absolute atomic E-state index is 13.0. The first-order chi connectivity index (χ1) is 12.6. The Morgan fingerprint density at radius 2 is 1.74 bits per heavy atom. The fourth-order valence-corrected chi connectivity index (χ4v) is 3.59. The van der Waals surface area contributed by atoms with E-state index in [0.717, 1.165) is 28.6 Å². The molecule has 0 unspecified atom stereocenters. The molecule has 27 heavy (non-hydrogen) atoms. The van der Waals surface area contributed by atoms with Crippen LogP contribution in [0.5, 0.6) is 0 Å². The Balaban J connectivity index is 1.93. The average Bonchev–Trinajstić information content (AvgIpc) is 2.58. The number of carbonyl (C=O) groups is 1. The maximum Gasteiger partial charge on any atom is 0.225 e. The minimum Gasteiger partial charge on any atom is -0.326 e. The average molecular weight is 392 g/mol. The van der Waals surface area contributed by atoms with Gasteiger partial charge in [-0.2, -0.15) is 0 Å². The fraction of sp³-hybridized carbons (Fsp3) is 0.350. The van der Waals surface area contributed by atoms with Crippen LogP contribution in [0.2, 0.25) is 0 Å². The molecule has 146 valence electrons. The zero-order chi connectivity index (χ0) is 20.0. The number of hydrogen-bond acceptors (Lipinski definition) is 3. The van der Waals surface area contributed by atoms with Crippen molar-refractivity contribution in [2.75, 3.05) is 24.7 Å². The molecule has 0 bridgehead atoms. The van der Waals surface area contributed by atoms with Crippen molar-refractivity contribution in [2.24, 2.45) is 0 Å². The Labute approximate surface area is 160 Å². The summed E-state index contributed by atoms with van der Waals surface area (Å²) >= 11 is 0. The molecule has 2 aromatic carbocycles. The van der Waals surface area contributed by atoms with Crippen LogP contribution >= 0.6 is 0 Å². The molecule has 0 aliphatic heterocycles. The standard InChI is InChI=1S/C20H25FN2O3S/c1-15-4-9-19(16(2)14-15)22-20(24)11-13-23(27(3,25)26)12-10-17-5-7-18(21)8-6-17/h4-9,14H,10-13H2,1-3H3,(H,22,24). The topological polar surface area (TPSA) is 66.5 Å². The summed E-state index contributed by atoms with van der Waals surface area (Å²) in [6.07, 6.45) is 1.63. The molecule has 1 amide bonds. The van der Waals surface area contributed by atoms with Gasteiger partial charge in [0.2, 0.25) is 15.9 Å². The highest BCUT2D eigenvalue weighted by Crippen LogP contribution is 2.16. The minimum absolute atomic E-state index is 0.0593. The molecule has 0 atom stereocenters. The predicted octanol–water partition coefficient (Wildman–Crippen LogP) is 3.28. The van der Waals surface area contributed by atoms with E-state index in [-0.39, 0.29) is 31.2 Å². The summed E-state index contributed by atoms with van der Waals surface area (Å²) in [7, 11) is -3.45. The lowest BCUT2D eigenvalue weighted by Gasteiger charge is -2.20. The number of amides is 1. The Bertz CT molecular complexity index is 896. The molecule has 2 aromatic rings. The number of benzene rings is 2. The van der Waals surface area contributed by atoms with Crippen LogP contribution < -0.4 is 5.32 Å². The van der Waals surface area contributed by atoms with E-state index >= 15 is 0 Å². The van der Waals surface area contributed by atoms with Crippen LogP contribution in [0.3, 0.4) is 0 Å². The third-order valence-electron chi connectivity index (χ3n) is 4.28. The molecular formula is C20H25FN2O3S. The maximum atomic E-state index is 13.0. The van der Waals surface area contributed by atoms with Crippen molar-refractivity contribution in [3.05, 3.63) is 65.0 Å². The lowest BCUT2D eigenvalue weighted by molar-refractivity contribution is -0.116. The Hall–Kier alpha value is -2.25. The molecular weight excluding hydrogens is 367 g/mol. The minimum atomic E-state index is -3.45. The molecule has 0 heterocycles. The van der Waals surface area contributed by atoms with Crippen molar-refractivity contribution in [1.29, 1.82) is 0 Å². The normalized spacial score (nSPS) is 11.6. The van der Waals surface area contributed by atoms with Crippen LogP contribution in [0.15, 0.2) is 42.5 Å². The second kappa shape index (κ2) is 9.10.